The molecule has 0 heterocycles. The molecule has 0 bridgehead atoms. The van der Waals surface area contributed by atoms with Gasteiger partial charge in [0.1, 0.15) is 13.2 Å². The van der Waals surface area contributed by atoms with E-state index in [2.05, 4.69) is 5.32 Å². The summed E-state index contributed by atoms with van der Waals surface area (Å²) in [6, 6.07) is 35.1. The Morgan fingerprint density at radius 1 is 0.594 bits per heavy atom. The second-order valence-corrected chi connectivity index (χ2v) is 7.35. The van der Waals surface area contributed by atoms with Gasteiger partial charge < -0.3 is 10.1 Å². The Morgan fingerprint density at radius 3 is 1.59 bits per heavy atom. The summed E-state index contributed by atoms with van der Waals surface area (Å²) in [6.07, 6.45) is 0. The van der Waals surface area contributed by atoms with Crippen molar-refractivity contribution in [1.29, 1.82) is 0 Å². The number of benzene rings is 4. The lowest BCUT2D eigenvalue weighted by atomic mass is 10.0. The minimum absolute atomic E-state index is 0.162. The number of esters is 1. The van der Waals surface area contributed by atoms with Crippen molar-refractivity contribution in [3.8, 4) is 22.3 Å². The van der Waals surface area contributed by atoms with Gasteiger partial charge in [0, 0.05) is 5.56 Å². The molecular weight excluding hydrogens is 398 g/mol. The summed E-state index contributed by atoms with van der Waals surface area (Å²) in [5.74, 6) is -0.792. The van der Waals surface area contributed by atoms with Gasteiger partial charge in [0.15, 0.2) is 0 Å². The van der Waals surface area contributed by atoms with Crippen molar-refractivity contribution in [2.45, 2.75) is 6.61 Å². The fourth-order valence-electron chi connectivity index (χ4n) is 3.34. The van der Waals surface area contributed by atoms with E-state index in [1.165, 1.54) is 0 Å². The van der Waals surface area contributed by atoms with E-state index in [1.54, 1.807) is 12.1 Å². The highest BCUT2D eigenvalue weighted by Crippen LogP contribution is 2.20. The van der Waals surface area contributed by atoms with Gasteiger partial charge in [-0.15, -0.1) is 0 Å². The van der Waals surface area contributed by atoms with E-state index < -0.39 is 5.97 Å². The number of hydrogen-bond donors (Lipinski definition) is 1. The van der Waals surface area contributed by atoms with Gasteiger partial charge in [-0.2, -0.15) is 0 Å². The first kappa shape index (κ1) is 21.1. The summed E-state index contributed by atoms with van der Waals surface area (Å²) in [6.45, 7) is -0.0169. The molecule has 0 unspecified atom stereocenters. The van der Waals surface area contributed by atoms with Crippen LogP contribution in [-0.4, -0.2) is 18.4 Å². The number of nitrogens with one attached hydrogen (secondary N) is 1. The lowest BCUT2D eigenvalue weighted by molar-refractivity contribution is -0.143. The van der Waals surface area contributed by atoms with E-state index in [-0.39, 0.29) is 19.1 Å². The second-order valence-electron chi connectivity index (χ2n) is 7.35. The highest BCUT2D eigenvalue weighted by Gasteiger charge is 2.10. The molecule has 4 heteroatoms. The van der Waals surface area contributed by atoms with Crippen LogP contribution in [0.25, 0.3) is 22.3 Å². The normalized spacial score (nSPS) is 10.4. The quantitative estimate of drug-likeness (QED) is 0.401. The third-order valence-electron chi connectivity index (χ3n) is 5.11. The Hall–Kier alpha value is -4.18. The zero-order valence-electron chi connectivity index (χ0n) is 17.5. The first-order chi connectivity index (χ1) is 15.7. The summed E-state index contributed by atoms with van der Waals surface area (Å²) in [5.41, 5.74) is 5.73. The highest BCUT2D eigenvalue weighted by atomic mass is 16.5. The van der Waals surface area contributed by atoms with Gasteiger partial charge in [-0.05, 0) is 39.9 Å². The first-order valence-corrected chi connectivity index (χ1v) is 10.4. The van der Waals surface area contributed by atoms with Crippen LogP contribution in [0.1, 0.15) is 15.9 Å². The fraction of sp³-hybridized carbons (Fsp3) is 0.0714. The molecule has 4 aromatic carbocycles. The minimum atomic E-state index is -0.480. The Balaban J connectivity index is 1.24. The van der Waals surface area contributed by atoms with Gasteiger partial charge in [-0.3, -0.25) is 9.59 Å². The SMILES string of the molecule is O=C(CNC(=O)c1ccc(-c2ccccc2)cc1)OCc1ccc(-c2ccccc2)cc1. The van der Waals surface area contributed by atoms with Gasteiger partial charge in [-0.1, -0.05) is 97.1 Å². The molecule has 1 amide bonds. The molecule has 0 aromatic heterocycles. The number of hydrogen-bond acceptors (Lipinski definition) is 3. The standard InChI is InChI=1S/C28H23NO3/c30-27(32-20-21-11-13-24(14-12-21)22-7-3-1-4-8-22)19-29-28(31)26-17-15-25(16-18-26)23-9-5-2-6-10-23/h1-18H,19-20H2,(H,29,31). The maximum absolute atomic E-state index is 12.3. The van der Waals surface area contributed by atoms with Crippen LogP contribution in [0.2, 0.25) is 0 Å². The number of amides is 1. The molecule has 4 rings (SSSR count). The molecule has 0 saturated heterocycles. The van der Waals surface area contributed by atoms with Crippen molar-refractivity contribution in [1.82, 2.24) is 5.32 Å². The second kappa shape index (κ2) is 10.2. The third-order valence-corrected chi connectivity index (χ3v) is 5.11. The van der Waals surface area contributed by atoms with Gasteiger partial charge in [0.2, 0.25) is 0 Å². The average Bonchev–Trinajstić information content (AvgIpc) is 2.87. The average molecular weight is 421 g/mol. The van der Waals surface area contributed by atoms with Crippen molar-refractivity contribution >= 4 is 11.9 Å². The van der Waals surface area contributed by atoms with E-state index in [9.17, 15) is 9.59 Å². The lowest BCUT2D eigenvalue weighted by Gasteiger charge is -2.08. The van der Waals surface area contributed by atoms with Crippen LogP contribution in [0.4, 0.5) is 0 Å². The number of carbonyl (C=O) groups is 2. The van der Waals surface area contributed by atoms with Gasteiger partial charge in [0.05, 0.1) is 0 Å². The molecule has 0 aliphatic carbocycles. The minimum Gasteiger partial charge on any atom is -0.460 e. The molecule has 4 aromatic rings. The predicted molar refractivity (Wildman–Crippen MR) is 126 cm³/mol. The molecule has 1 N–H and O–H groups in total. The van der Waals surface area contributed by atoms with Crippen LogP contribution in [0.3, 0.4) is 0 Å². The Bertz CT molecular complexity index is 1170. The molecule has 0 radical (unpaired) electrons. The maximum atomic E-state index is 12.3. The van der Waals surface area contributed by atoms with Crippen molar-refractivity contribution in [2.24, 2.45) is 0 Å². The van der Waals surface area contributed by atoms with E-state index in [0.717, 1.165) is 27.8 Å². The van der Waals surface area contributed by atoms with Crippen molar-refractivity contribution in [3.05, 3.63) is 120 Å². The smallest absolute Gasteiger partial charge is 0.325 e. The molecule has 0 saturated carbocycles. The van der Waals surface area contributed by atoms with E-state index >= 15 is 0 Å². The van der Waals surface area contributed by atoms with Crippen LogP contribution >= 0.6 is 0 Å². The molecule has 32 heavy (non-hydrogen) atoms. The van der Waals surface area contributed by atoms with Crippen molar-refractivity contribution in [3.63, 3.8) is 0 Å². The monoisotopic (exact) mass is 421 g/mol. The van der Waals surface area contributed by atoms with E-state index in [4.69, 9.17) is 4.74 Å². The largest absolute Gasteiger partial charge is 0.460 e. The topological polar surface area (TPSA) is 55.4 Å². The van der Waals surface area contributed by atoms with Crippen molar-refractivity contribution < 1.29 is 14.3 Å². The zero-order chi connectivity index (χ0) is 22.2. The maximum Gasteiger partial charge on any atom is 0.325 e. The Kier molecular flexibility index (Phi) is 6.73. The van der Waals surface area contributed by atoms with Crippen molar-refractivity contribution in [2.75, 3.05) is 6.54 Å². The fourth-order valence-corrected chi connectivity index (χ4v) is 3.34. The van der Waals surface area contributed by atoms with Crippen LogP contribution in [0.15, 0.2) is 109 Å². The predicted octanol–water partition coefficient (Wildman–Crippen LogP) is 5.49. The first-order valence-electron chi connectivity index (χ1n) is 10.4. The molecular formula is C28H23NO3. The summed E-state index contributed by atoms with van der Waals surface area (Å²) >= 11 is 0. The summed E-state index contributed by atoms with van der Waals surface area (Å²) in [4.78, 5) is 24.4. The third kappa shape index (κ3) is 5.49. The number of ether oxygens (including phenoxy) is 1. The van der Waals surface area contributed by atoms with Gasteiger partial charge in [0.25, 0.3) is 5.91 Å². The number of carbonyl (C=O) groups excluding carboxylic acids is 2. The van der Waals surface area contributed by atoms with Crippen LogP contribution < -0.4 is 5.32 Å². The Labute approximate surface area is 187 Å². The lowest BCUT2D eigenvalue weighted by Crippen LogP contribution is -2.30. The van der Waals surface area contributed by atoms with E-state index in [1.807, 2.05) is 97.1 Å². The number of rotatable bonds is 7. The molecule has 0 fully saturated rings. The van der Waals surface area contributed by atoms with Crippen LogP contribution in [0.5, 0.6) is 0 Å². The summed E-state index contributed by atoms with van der Waals surface area (Å²) in [5, 5.41) is 2.61. The highest BCUT2D eigenvalue weighted by molar-refractivity contribution is 5.96. The molecule has 4 nitrogen and oxygen atoms in total. The molecule has 0 atom stereocenters. The van der Waals surface area contributed by atoms with Gasteiger partial charge >= 0.3 is 5.97 Å². The van der Waals surface area contributed by atoms with Crippen LogP contribution in [-0.2, 0) is 16.1 Å². The zero-order valence-corrected chi connectivity index (χ0v) is 17.5. The molecule has 0 aliphatic rings. The molecule has 0 aliphatic heterocycles. The molecule has 158 valence electrons. The van der Waals surface area contributed by atoms with E-state index in [0.29, 0.717) is 5.56 Å². The summed E-state index contributed by atoms with van der Waals surface area (Å²) < 4.78 is 5.28. The van der Waals surface area contributed by atoms with Gasteiger partial charge in [-0.25, -0.2) is 0 Å². The Morgan fingerprint density at radius 2 is 1.06 bits per heavy atom. The molecule has 0 spiro atoms. The summed E-state index contributed by atoms with van der Waals surface area (Å²) in [7, 11) is 0. The van der Waals surface area contributed by atoms with Crippen LogP contribution in [0, 0.1) is 0 Å².